The maximum atomic E-state index is 12.5. The van der Waals surface area contributed by atoms with Gasteiger partial charge >= 0.3 is 0 Å². The number of amides is 1. The maximum absolute atomic E-state index is 12.5. The zero-order valence-electron chi connectivity index (χ0n) is 10.7. The molecule has 0 bridgehead atoms. The molecule has 2 aromatic rings. The zero-order valence-corrected chi connectivity index (χ0v) is 11.5. The first-order chi connectivity index (χ1) is 10.1. The lowest BCUT2D eigenvalue weighted by Crippen LogP contribution is -2.14. The van der Waals surface area contributed by atoms with Crippen molar-refractivity contribution in [3.63, 3.8) is 0 Å². The van der Waals surface area contributed by atoms with Crippen molar-refractivity contribution >= 4 is 23.3 Å². The van der Waals surface area contributed by atoms with Crippen LogP contribution in [-0.4, -0.2) is 21.1 Å². The van der Waals surface area contributed by atoms with Crippen LogP contribution in [0, 0.1) is 0 Å². The summed E-state index contributed by atoms with van der Waals surface area (Å²) in [6, 6.07) is 2.32. The van der Waals surface area contributed by atoms with Crippen molar-refractivity contribution in [2.24, 2.45) is 0 Å². The third-order valence-corrected chi connectivity index (χ3v) is 3.55. The molecule has 2 aromatic heterocycles. The van der Waals surface area contributed by atoms with Gasteiger partial charge in [0.15, 0.2) is 0 Å². The number of nitrogens with one attached hydrogen (secondary N) is 2. The van der Waals surface area contributed by atoms with Crippen molar-refractivity contribution in [1.82, 2.24) is 15.2 Å². The van der Waals surface area contributed by atoms with Crippen LogP contribution >= 0.6 is 11.6 Å². The molecule has 0 radical (unpaired) electrons. The highest BCUT2D eigenvalue weighted by Crippen LogP contribution is 2.42. The van der Waals surface area contributed by atoms with Crippen molar-refractivity contribution in [2.75, 3.05) is 5.32 Å². The molecule has 2 heterocycles. The minimum atomic E-state index is -2.73. The fraction of sp³-hybridized carbons (Fsp3) is 0.308. The predicted octanol–water partition coefficient (Wildman–Crippen LogP) is 3.53. The molecule has 0 spiro atoms. The number of pyridine rings is 1. The van der Waals surface area contributed by atoms with Crippen molar-refractivity contribution in [3.8, 4) is 0 Å². The summed E-state index contributed by atoms with van der Waals surface area (Å²) in [5.41, 5.74) is 0.519. The molecule has 1 aliphatic rings. The lowest BCUT2D eigenvalue weighted by Gasteiger charge is -2.07. The maximum Gasteiger partial charge on any atom is 0.280 e. The molecule has 0 atom stereocenters. The lowest BCUT2D eigenvalue weighted by atomic mass is 10.2. The number of carbonyl (C=O) groups excluding carboxylic acids is 1. The van der Waals surface area contributed by atoms with E-state index in [1.54, 1.807) is 6.20 Å². The number of aromatic nitrogens is 3. The number of H-pyrrole nitrogens is 1. The van der Waals surface area contributed by atoms with E-state index in [0.29, 0.717) is 11.7 Å². The predicted molar refractivity (Wildman–Crippen MR) is 72.7 cm³/mol. The van der Waals surface area contributed by atoms with Gasteiger partial charge in [0, 0.05) is 5.56 Å². The van der Waals surface area contributed by atoms with E-state index in [1.165, 1.54) is 6.07 Å². The summed E-state index contributed by atoms with van der Waals surface area (Å²) in [6.45, 7) is 0. The third kappa shape index (κ3) is 2.87. The number of nitrogens with zero attached hydrogens (tertiary/aromatic N) is 2. The van der Waals surface area contributed by atoms with E-state index < -0.39 is 18.0 Å². The van der Waals surface area contributed by atoms with Crippen LogP contribution in [0.25, 0.3) is 0 Å². The molecular formula is C13H11ClF2N4O. The molecule has 0 saturated heterocycles. The van der Waals surface area contributed by atoms with Gasteiger partial charge in [-0.3, -0.25) is 9.89 Å². The zero-order chi connectivity index (χ0) is 15.0. The van der Waals surface area contributed by atoms with Gasteiger partial charge < -0.3 is 5.32 Å². The van der Waals surface area contributed by atoms with Gasteiger partial charge in [0.2, 0.25) is 0 Å². The quantitative estimate of drug-likeness (QED) is 0.848. The van der Waals surface area contributed by atoms with Gasteiger partial charge in [-0.05, 0) is 30.9 Å². The summed E-state index contributed by atoms with van der Waals surface area (Å²) >= 11 is 5.79. The van der Waals surface area contributed by atoms with E-state index in [-0.39, 0.29) is 10.7 Å². The average molecular weight is 313 g/mol. The van der Waals surface area contributed by atoms with Gasteiger partial charge in [0.1, 0.15) is 16.7 Å². The van der Waals surface area contributed by atoms with Gasteiger partial charge in [-0.1, -0.05) is 11.6 Å². The van der Waals surface area contributed by atoms with Crippen LogP contribution in [0.3, 0.4) is 0 Å². The van der Waals surface area contributed by atoms with Crippen molar-refractivity contribution in [1.29, 1.82) is 0 Å². The molecule has 1 fully saturated rings. The molecule has 2 N–H and O–H groups in total. The van der Waals surface area contributed by atoms with Gasteiger partial charge in [-0.15, -0.1) is 0 Å². The number of alkyl halides is 2. The number of hydrogen-bond acceptors (Lipinski definition) is 3. The Kier molecular flexibility index (Phi) is 3.59. The Labute approximate surface area is 123 Å². The van der Waals surface area contributed by atoms with E-state index >= 15 is 0 Å². The first-order valence-corrected chi connectivity index (χ1v) is 6.73. The van der Waals surface area contributed by atoms with E-state index in [2.05, 4.69) is 20.5 Å². The van der Waals surface area contributed by atoms with Crippen molar-refractivity contribution in [3.05, 3.63) is 40.3 Å². The van der Waals surface area contributed by atoms with Gasteiger partial charge in [-0.2, -0.15) is 5.10 Å². The summed E-state index contributed by atoms with van der Waals surface area (Å²) in [5.74, 6) is 0.407. The fourth-order valence-corrected chi connectivity index (χ4v) is 2.27. The minimum absolute atomic E-state index is 0.0393. The number of carbonyl (C=O) groups is 1. The third-order valence-electron chi connectivity index (χ3n) is 3.26. The Morgan fingerprint density at radius 2 is 2.19 bits per heavy atom. The van der Waals surface area contributed by atoms with Crippen molar-refractivity contribution < 1.29 is 13.6 Å². The number of hydrogen-bond donors (Lipinski definition) is 2. The second-order valence-corrected chi connectivity index (χ2v) is 5.16. The molecule has 21 heavy (non-hydrogen) atoms. The second kappa shape index (κ2) is 5.40. The van der Waals surface area contributed by atoms with Crippen LogP contribution in [0.4, 0.5) is 14.6 Å². The fourth-order valence-electron chi connectivity index (χ4n) is 2.02. The minimum Gasteiger partial charge on any atom is -0.307 e. The Morgan fingerprint density at radius 3 is 2.81 bits per heavy atom. The monoisotopic (exact) mass is 312 g/mol. The first kappa shape index (κ1) is 13.9. The van der Waals surface area contributed by atoms with E-state index in [0.717, 1.165) is 24.5 Å². The molecule has 110 valence electrons. The van der Waals surface area contributed by atoms with E-state index in [4.69, 9.17) is 11.6 Å². The Morgan fingerprint density at radius 1 is 1.43 bits per heavy atom. The summed E-state index contributed by atoms with van der Waals surface area (Å²) in [5, 5.41) is 9.01. The number of halogens is 3. The van der Waals surface area contributed by atoms with Crippen LogP contribution in [-0.2, 0) is 0 Å². The lowest BCUT2D eigenvalue weighted by molar-refractivity contribution is 0.102. The number of aromatic amines is 1. The summed E-state index contributed by atoms with van der Waals surface area (Å²) in [4.78, 5) is 15.7. The van der Waals surface area contributed by atoms with Crippen LogP contribution in [0.2, 0.25) is 5.15 Å². The molecule has 1 amide bonds. The van der Waals surface area contributed by atoms with E-state index in [9.17, 15) is 13.6 Å². The molecule has 3 rings (SSSR count). The highest BCUT2D eigenvalue weighted by Gasteiger charge is 2.28. The van der Waals surface area contributed by atoms with Crippen LogP contribution in [0.15, 0.2) is 18.3 Å². The van der Waals surface area contributed by atoms with E-state index in [1.807, 2.05) is 0 Å². The molecule has 0 aliphatic heterocycles. The van der Waals surface area contributed by atoms with Crippen LogP contribution < -0.4 is 5.32 Å². The molecule has 0 aromatic carbocycles. The topological polar surface area (TPSA) is 70.7 Å². The smallest absolute Gasteiger partial charge is 0.280 e. The van der Waals surface area contributed by atoms with Gasteiger partial charge in [0.05, 0.1) is 11.8 Å². The molecule has 5 nitrogen and oxygen atoms in total. The molecule has 8 heteroatoms. The number of rotatable bonds is 4. The Bertz CT molecular complexity index is 685. The SMILES string of the molecule is O=C(Nc1[nH]ncc1C1CC1)c1ccc(C(F)F)nc1Cl. The molecule has 1 aliphatic carbocycles. The van der Waals surface area contributed by atoms with Crippen LogP contribution in [0.5, 0.6) is 0 Å². The molecule has 1 saturated carbocycles. The molecular weight excluding hydrogens is 302 g/mol. The standard InChI is InChI=1S/C13H11ClF2N4O/c14-10-7(3-4-9(18-10)11(15)16)13(21)19-12-8(5-17-20-12)6-1-2-6/h3-6,11H,1-2H2,(H2,17,19,20,21). The summed E-state index contributed by atoms with van der Waals surface area (Å²) in [7, 11) is 0. The van der Waals surface area contributed by atoms with Gasteiger partial charge in [0.25, 0.3) is 12.3 Å². The summed E-state index contributed by atoms with van der Waals surface area (Å²) < 4.78 is 25.0. The molecule has 0 unspecified atom stereocenters. The normalized spacial score (nSPS) is 14.5. The first-order valence-electron chi connectivity index (χ1n) is 6.35. The average Bonchev–Trinajstić information content (AvgIpc) is 3.19. The highest BCUT2D eigenvalue weighted by molar-refractivity contribution is 6.33. The summed E-state index contributed by atoms with van der Waals surface area (Å²) in [6.07, 6.45) is 1.07. The highest BCUT2D eigenvalue weighted by atomic mass is 35.5. The van der Waals surface area contributed by atoms with Gasteiger partial charge in [-0.25, -0.2) is 13.8 Å². The van der Waals surface area contributed by atoms with Crippen molar-refractivity contribution in [2.45, 2.75) is 25.2 Å². The Hall–Kier alpha value is -2.02. The van der Waals surface area contributed by atoms with Crippen LogP contribution in [0.1, 0.15) is 46.8 Å². The Balaban J connectivity index is 1.80. The second-order valence-electron chi connectivity index (χ2n) is 4.80. The largest absolute Gasteiger partial charge is 0.307 e. The number of anilines is 1.